The highest BCUT2D eigenvalue weighted by Gasteiger charge is 2.52. The van der Waals surface area contributed by atoms with E-state index in [-0.39, 0.29) is 23.3 Å². The van der Waals surface area contributed by atoms with E-state index in [4.69, 9.17) is 10.5 Å². The zero-order valence-corrected chi connectivity index (χ0v) is 7.88. The predicted molar refractivity (Wildman–Crippen MR) is 48.0 cm³/mol. The van der Waals surface area contributed by atoms with Crippen LogP contribution in [-0.2, 0) is 9.53 Å². The van der Waals surface area contributed by atoms with E-state index in [9.17, 15) is 4.79 Å². The lowest BCUT2D eigenvalue weighted by molar-refractivity contribution is -0.125. The van der Waals surface area contributed by atoms with Crippen molar-refractivity contribution >= 4 is 5.91 Å². The van der Waals surface area contributed by atoms with Crippen LogP contribution in [0.5, 0.6) is 0 Å². The van der Waals surface area contributed by atoms with Gasteiger partial charge in [-0.25, -0.2) is 0 Å². The first-order valence-electron chi connectivity index (χ1n) is 4.78. The van der Waals surface area contributed by atoms with Gasteiger partial charge in [0.15, 0.2) is 0 Å². The molecular weight excluding hydrogens is 168 g/mol. The van der Waals surface area contributed by atoms with Gasteiger partial charge in [0, 0.05) is 25.1 Å². The molecule has 3 unspecified atom stereocenters. The molecule has 0 radical (unpaired) electrons. The number of rotatable bonds is 1. The molecule has 0 aromatic heterocycles. The van der Waals surface area contributed by atoms with Crippen molar-refractivity contribution in [2.24, 2.45) is 17.1 Å². The largest absolute Gasteiger partial charge is 0.378 e. The third-order valence-corrected chi connectivity index (χ3v) is 3.59. The molecule has 4 heteroatoms. The van der Waals surface area contributed by atoms with Crippen molar-refractivity contribution in [1.29, 1.82) is 0 Å². The first kappa shape index (κ1) is 8.97. The summed E-state index contributed by atoms with van der Waals surface area (Å²) in [5.41, 5.74) is 5.36. The molecule has 0 saturated carbocycles. The van der Waals surface area contributed by atoms with Gasteiger partial charge in [-0.05, 0) is 13.3 Å². The molecule has 2 rings (SSSR count). The lowest BCUT2D eigenvalue weighted by Gasteiger charge is -2.30. The quantitative estimate of drug-likeness (QED) is 0.576. The fourth-order valence-electron chi connectivity index (χ4n) is 2.64. The molecular formula is C9H16N2O2. The highest BCUT2D eigenvalue weighted by molar-refractivity contribution is 5.78. The minimum atomic E-state index is -0.192. The Kier molecular flexibility index (Phi) is 2.04. The number of primary amides is 1. The Morgan fingerprint density at radius 3 is 3.00 bits per heavy atom. The van der Waals surface area contributed by atoms with E-state index in [1.54, 1.807) is 0 Å². The van der Waals surface area contributed by atoms with Crippen LogP contribution in [0.25, 0.3) is 0 Å². The molecule has 1 amide bonds. The fourth-order valence-corrected chi connectivity index (χ4v) is 2.64. The van der Waals surface area contributed by atoms with E-state index < -0.39 is 0 Å². The maximum Gasteiger partial charge on any atom is 0.222 e. The molecule has 0 bridgehead atoms. The van der Waals surface area contributed by atoms with Crippen LogP contribution in [0.15, 0.2) is 0 Å². The second-order valence-corrected chi connectivity index (χ2v) is 4.08. The van der Waals surface area contributed by atoms with Crippen molar-refractivity contribution in [1.82, 2.24) is 5.32 Å². The van der Waals surface area contributed by atoms with Crippen molar-refractivity contribution in [3.63, 3.8) is 0 Å². The average molecular weight is 184 g/mol. The molecule has 2 heterocycles. The molecule has 2 saturated heterocycles. The van der Waals surface area contributed by atoms with Gasteiger partial charge < -0.3 is 15.8 Å². The van der Waals surface area contributed by atoms with E-state index in [0.29, 0.717) is 6.54 Å². The van der Waals surface area contributed by atoms with Gasteiger partial charge in [-0.1, -0.05) is 0 Å². The zero-order chi connectivity index (χ0) is 9.47. The van der Waals surface area contributed by atoms with Crippen LogP contribution in [-0.4, -0.2) is 31.7 Å². The van der Waals surface area contributed by atoms with Gasteiger partial charge in [-0.3, -0.25) is 4.79 Å². The molecule has 4 nitrogen and oxygen atoms in total. The normalized spacial score (nSPS) is 44.4. The molecule has 74 valence electrons. The van der Waals surface area contributed by atoms with E-state index in [0.717, 1.165) is 19.6 Å². The SMILES string of the molecule is CC1OCCC12CNCC2C(N)=O. The number of amides is 1. The van der Waals surface area contributed by atoms with E-state index >= 15 is 0 Å². The lowest BCUT2D eigenvalue weighted by atomic mass is 9.73. The summed E-state index contributed by atoms with van der Waals surface area (Å²) >= 11 is 0. The number of nitrogens with one attached hydrogen (secondary N) is 1. The summed E-state index contributed by atoms with van der Waals surface area (Å²) in [5, 5.41) is 3.24. The number of ether oxygens (including phenoxy) is 1. The Morgan fingerprint density at radius 1 is 1.69 bits per heavy atom. The topological polar surface area (TPSA) is 64.3 Å². The predicted octanol–water partition coefficient (Wildman–Crippen LogP) is -0.514. The maximum atomic E-state index is 11.2. The van der Waals surface area contributed by atoms with Crippen LogP contribution < -0.4 is 11.1 Å². The minimum Gasteiger partial charge on any atom is -0.378 e. The maximum absolute atomic E-state index is 11.2. The molecule has 1 spiro atoms. The van der Waals surface area contributed by atoms with Crippen LogP contribution in [0.3, 0.4) is 0 Å². The van der Waals surface area contributed by atoms with E-state index in [1.165, 1.54) is 0 Å². The second kappa shape index (κ2) is 2.96. The fraction of sp³-hybridized carbons (Fsp3) is 0.889. The van der Waals surface area contributed by atoms with Gasteiger partial charge in [0.25, 0.3) is 0 Å². The second-order valence-electron chi connectivity index (χ2n) is 4.08. The summed E-state index contributed by atoms with van der Waals surface area (Å²) in [6, 6.07) is 0. The molecule has 0 aromatic rings. The monoisotopic (exact) mass is 184 g/mol. The Bertz CT molecular complexity index is 228. The molecule has 13 heavy (non-hydrogen) atoms. The Hall–Kier alpha value is -0.610. The van der Waals surface area contributed by atoms with Gasteiger partial charge in [-0.15, -0.1) is 0 Å². The number of nitrogens with two attached hydrogens (primary N) is 1. The molecule has 2 aliphatic rings. The summed E-state index contributed by atoms with van der Waals surface area (Å²) in [6.07, 6.45) is 1.11. The molecule has 0 aromatic carbocycles. The number of carbonyl (C=O) groups excluding carboxylic acids is 1. The van der Waals surface area contributed by atoms with Crippen LogP contribution in [0, 0.1) is 11.3 Å². The van der Waals surface area contributed by atoms with Crippen LogP contribution in [0.4, 0.5) is 0 Å². The summed E-state index contributed by atoms with van der Waals surface area (Å²) in [4.78, 5) is 11.2. The third kappa shape index (κ3) is 1.16. The number of hydrogen-bond acceptors (Lipinski definition) is 3. The van der Waals surface area contributed by atoms with Gasteiger partial charge in [0.05, 0.1) is 12.0 Å². The van der Waals surface area contributed by atoms with Crippen molar-refractivity contribution in [3.8, 4) is 0 Å². The highest BCUT2D eigenvalue weighted by Crippen LogP contribution is 2.43. The molecule has 3 atom stereocenters. The van der Waals surface area contributed by atoms with Gasteiger partial charge in [0.1, 0.15) is 0 Å². The van der Waals surface area contributed by atoms with Crippen LogP contribution in [0.2, 0.25) is 0 Å². The summed E-state index contributed by atoms with van der Waals surface area (Å²) in [7, 11) is 0. The Morgan fingerprint density at radius 2 is 2.46 bits per heavy atom. The average Bonchev–Trinajstić information content (AvgIpc) is 2.62. The van der Waals surface area contributed by atoms with Gasteiger partial charge in [-0.2, -0.15) is 0 Å². The smallest absolute Gasteiger partial charge is 0.222 e. The number of hydrogen-bond donors (Lipinski definition) is 2. The number of carbonyl (C=O) groups is 1. The Labute approximate surface area is 77.8 Å². The zero-order valence-electron chi connectivity index (χ0n) is 7.88. The van der Waals surface area contributed by atoms with Crippen LogP contribution in [0.1, 0.15) is 13.3 Å². The summed E-state index contributed by atoms with van der Waals surface area (Å²) in [5.74, 6) is -0.243. The van der Waals surface area contributed by atoms with Gasteiger partial charge in [0.2, 0.25) is 5.91 Å². The van der Waals surface area contributed by atoms with Gasteiger partial charge >= 0.3 is 0 Å². The Balaban J connectivity index is 2.24. The van der Waals surface area contributed by atoms with Crippen LogP contribution >= 0.6 is 0 Å². The van der Waals surface area contributed by atoms with Crippen molar-refractivity contribution in [2.75, 3.05) is 19.7 Å². The molecule has 2 fully saturated rings. The van der Waals surface area contributed by atoms with Crippen molar-refractivity contribution < 1.29 is 9.53 Å². The standard InChI is InChI=1S/C9H16N2O2/c1-6-9(2-3-13-6)5-11-4-7(9)8(10)12/h6-7,11H,2-5H2,1H3,(H2,10,12). The third-order valence-electron chi connectivity index (χ3n) is 3.59. The minimum absolute atomic E-state index is 0.0220. The van der Waals surface area contributed by atoms with E-state index in [1.807, 2.05) is 6.92 Å². The molecule has 3 N–H and O–H groups in total. The first-order valence-corrected chi connectivity index (χ1v) is 4.78. The highest BCUT2D eigenvalue weighted by atomic mass is 16.5. The lowest BCUT2D eigenvalue weighted by Crippen LogP contribution is -2.43. The summed E-state index contributed by atoms with van der Waals surface area (Å²) in [6.45, 7) is 4.37. The van der Waals surface area contributed by atoms with Crippen molar-refractivity contribution in [2.45, 2.75) is 19.4 Å². The molecule has 2 aliphatic heterocycles. The summed E-state index contributed by atoms with van der Waals surface area (Å²) < 4.78 is 5.52. The van der Waals surface area contributed by atoms with E-state index in [2.05, 4.69) is 5.32 Å². The first-order chi connectivity index (χ1) is 6.17. The molecule has 0 aliphatic carbocycles. The van der Waals surface area contributed by atoms with Crippen molar-refractivity contribution in [3.05, 3.63) is 0 Å².